The van der Waals surface area contributed by atoms with Crippen LogP contribution in [0.25, 0.3) is 0 Å². The lowest BCUT2D eigenvalue weighted by Crippen LogP contribution is -2.32. The fourth-order valence-electron chi connectivity index (χ4n) is 3.18. The Morgan fingerprint density at radius 3 is 2.40 bits per heavy atom. The zero-order chi connectivity index (χ0) is 13.4. The average molecular weight is 273 g/mol. The minimum absolute atomic E-state index is 0.756. The Labute approximate surface area is 120 Å². The molecule has 1 N–H and O–H groups in total. The molecule has 0 saturated heterocycles. The van der Waals surface area contributed by atoms with Crippen molar-refractivity contribution in [1.82, 2.24) is 5.32 Å². The molecule has 2 fully saturated rings. The third-order valence-electron chi connectivity index (χ3n) is 4.61. The molecule has 0 unspecified atom stereocenters. The highest BCUT2D eigenvalue weighted by atomic mass is 16.5. The topological polar surface area (TPSA) is 30.5 Å². The van der Waals surface area contributed by atoms with Gasteiger partial charge >= 0.3 is 0 Å². The Kier molecular flexibility index (Phi) is 3.31. The third kappa shape index (κ3) is 2.78. The van der Waals surface area contributed by atoms with E-state index in [9.17, 15) is 0 Å². The van der Waals surface area contributed by atoms with Gasteiger partial charge in [0.2, 0.25) is 0 Å². The highest BCUT2D eigenvalue weighted by molar-refractivity contribution is 5.43. The maximum absolute atomic E-state index is 5.76. The van der Waals surface area contributed by atoms with Gasteiger partial charge in [-0.15, -0.1) is 0 Å². The van der Waals surface area contributed by atoms with Crippen molar-refractivity contribution in [3.8, 4) is 11.5 Å². The van der Waals surface area contributed by atoms with Gasteiger partial charge in [0.25, 0.3) is 0 Å². The van der Waals surface area contributed by atoms with Crippen LogP contribution in [0.15, 0.2) is 18.2 Å². The molecule has 20 heavy (non-hydrogen) atoms. The molecule has 0 amide bonds. The van der Waals surface area contributed by atoms with Gasteiger partial charge in [-0.25, -0.2) is 0 Å². The average Bonchev–Trinajstić information content (AvgIpc) is 3.31. The molecule has 0 atom stereocenters. The molecular formula is C17H23NO2. The Balaban J connectivity index is 1.41. The maximum Gasteiger partial charge on any atom is 0.161 e. The predicted octanol–water partition coefficient (Wildman–Crippen LogP) is 3.13. The third-order valence-corrected chi connectivity index (χ3v) is 4.61. The molecule has 1 aromatic rings. The van der Waals surface area contributed by atoms with E-state index in [2.05, 4.69) is 23.5 Å². The SMILES string of the molecule is c1cc2c(cc1CNC(C1CC1)C1CC1)OCCCO2. The van der Waals surface area contributed by atoms with E-state index in [0.29, 0.717) is 0 Å². The Bertz CT molecular complexity index is 468. The molecule has 0 bridgehead atoms. The quantitative estimate of drug-likeness (QED) is 0.894. The first-order valence-electron chi connectivity index (χ1n) is 8.02. The molecule has 3 aliphatic rings. The van der Waals surface area contributed by atoms with Gasteiger partial charge in [0.05, 0.1) is 13.2 Å². The lowest BCUT2D eigenvalue weighted by Gasteiger charge is -2.18. The lowest BCUT2D eigenvalue weighted by molar-refractivity contribution is 0.297. The first-order valence-corrected chi connectivity index (χ1v) is 8.02. The normalized spacial score (nSPS) is 21.9. The minimum atomic E-state index is 0.756. The van der Waals surface area contributed by atoms with Crippen LogP contribution in [0.2, 0.25) is 0 Å². The smallest absolute Gasteiger partial charge is 0.161 e. The highest BCUT2D eigenvalue weighted by Crippen LogP contribution is 2.44. The largest absolute Gasteiger partial charge is 0.490 e. The van der Waals surface area contributed by atoms with Crippen LogP contribution >= 0.6 is 0 Å². The van der Waals surface area contributed by atoms with Gasteiger partial charge in [-0.1, -0.05) is 6.07 Å². The summed E-state index contributed by atoms with van der Waals surface area (Å²) in [6.45, 7) is 2.47. The van der Waals surface area contributed by atoms with E-state index in [0.717, 1.165) is 55.6 Å². The van der Waals surface area contributed by atoms with E-state index >= 15 is 0 Å². The van der Waals surface area contributed by atoms with Crippen molar-refractivity contribution in [2.75, 3.05) is 13.2 Å². The first kappa shape index (κ1) is 12.5. The number of nitrogens with one attached hydrogen (secondary N) is 1. The van der Waals surface area contributed by atoms with Crippen LogP contribution in [0, 0.1) is 11.8 Å². The van der Waals surface area contributed by atoms with Crippen LogP contribution in [0.4, 0.5) is 0 Å². The number of hydrogen-bond acceptors (Lipinski definition) is 3. The summed E-state index contributed by atoms with van der Waals surface area (Å²) in [7, 11) is 0. The fourth-order valence-corrected chi connectivity index (χ4v) is 3.18. The van der Waals surface area contributed by atoms with E-state index in [1.165, 1.54) is 31.2 Å². The molecule has 2 saturated carbocycles. The van der Waals surface area contributed by atoms with Crippen LogP contribution in [0.5, 0.6) is 11.5 Å². The van der Waals surface area contributed by atoms with Crippen molar-refractivity contribution >= 4 is 0 Å². The van der Waals surface area contributed by atoms with Gasteiger partial charge in [-0.3, -0.25) is 0 Å². The summed E-state index contributed by atoms with van der Waals surface area (Å²) < 4.78 is 11.4. The van der Waals surface area contributed by atoms with Crippen molar-refractivity contribution in [3.63, 3.8) is 0 Å². The second-order valence-electron chi connectivity index (χ2n) is 6.41. The standard InChI is InChI=1S/C17H23NO2/c1-8-19-15-7-2-12(10-16(15)20-9-1)11-18-17(13-3-4-13)14-5-6-14/h2,7,10,13-14,17-18H,1,3-6,8-9,11H2. The summed E-state index contributed by atoms with van der Waals surface area (Å²) in [4.78, 5) is 0. The molecule has 0 spiro atoms. The fraction of sp³-hybridized carbons (Fsp3) is 0.647. The van der Waals surface area contributed by atoms with Crippen LogP contribution in [0.1, 0.15) is 37.7 Å². The molecule has 2 aliphatic carbocycles. The molecule has 3 heteroatoms. The van der Waals surface area contributed by atoms with Gasteiger partial charge in [0, 0.05) is 19.0 Å². The monoisotopic (exact) mass is 273 g/mol. The number of benzene rings is 1. The highest BCUT2D eigenvalue weighted by Gasteiger charge is 2.40. The molecular weight excluding hydrogens is 250 g/mol. The Morgan fingerprint density at radius 1 is 1.00 bits per heavy atom. The number of ether oxygens (including phenoxy) is 2. The lowest BCUT2D eigenvalue weighted by atomic mass is 10.1. The van der Waals surface area contributed by atoms with Gasteiger partial charge < -0.3 is 14.8 Å². The molecule has 0 aromatic heterocycles. The summed E-state index contributed by atoms with van der Waals surface area (Å²) in [5.41, 5.74) is 1.31. The van der Waals surface area contributed by atoms with Gasteiger partial charge in [0.1, 0.15) is 0 Å². The van der Waals surface area contributed by atoms with Crippen molar-refractivity contribution in [1.29, 1.82) is 0 Å². The van der Waals surface area contributed by atoms with E-state index in [1.807, 2.05) is 0 Å². The summed E-state index contributed by atoms with van der Waals surface area (Å²) in [5, 5.41) is 3.79. The van der Waals surface area contributed by atoms with E-state index in [-0.39, 0.29) is 0 Å². The van der Waals surface area contributed by atoms with Crippen LogP contribution in [-0.2, 0) is 6.54 Å². The van der Waals surface area contributed by atoms with E-state index in [4.69, 9.17) is 9.47 Å². The van der Waals surface area contributed by atoms with Crippen LogP contribution < -0.4 is 14.8 Å². The van der Waals surface area contributed by atoms with Crippen molar-refractivity contribution in [2.45, 2.75) is 44.7 Å². The second-order valence-corrected chi connectivity index (χ2v) is 6.41. The van der Waals surface area contributed by atoms with Crippen molar-refractivity contribution in [2.24, 2.45) is 11.8 Å². The number of fused-ring (bicyclic) bond motifs is 1. The zero-order valence-corrected chi connectivity index (χ0v) is 11.9. The van der Waals surface area contributed by atoms with Crippen LogP contribution in [-0.4, -0.2) is 19.3 Å². The first-order chi connectivity index (χ1) is 9.90. The Morgan fingerprint density at radius 2 is 1.70 bits per heavy atom. The molecule has 1 aliphatic heterocycles. The minimum Gasteiger partial charge on any atom is -0.490 e. The van der Waals surface area contributed by atoms with E-state index < -0.39 is 0 Å². The molecule has 108 valence electrons. The van der Waals surface area contributed by atoms with Crippen molar-refractivity contribution in [3.05, 3.63) is 23.8 Å². The second kappa shape index (κ2) is 5.28. The summed E-state index contributed by atoms with van der Waals surface area (Å²) in [6.07, 6.45) is 6.67. The molecule has 1 aromatic carbocycles. The zero-order valence-electron chi connectivity index (χ0n) is 11.9. The molecule has 4 rings (SSSR count). The van der Waals surface area contributed by atoms with Gasteiger partial charge in [0.15, 0.2) is 11.5 Å². The summed E-state index contributed by atoms with van der Waals surface area (Å²) in [5.74, 6) is 3.70. The van der Waals surface area contributed by atoms with Gasteiger partial charge in [-0.2, -0.15) is 0 Å². The number of rotatable bonds is 5. The summed E-state index contributed by atoms with van der Waals surface area (Å²) in [6, 6.07) is 7.12. The predicted molar refractivity (Wildman–Crippen MR) is 78.1 cm³/mol. The number of hydrogen-bond donors (Lipinski definition) is 1. The summed E-state index contributed by atoms with van der Waals surface area (Å²) >= 11 is 0. The van der Waals surface area contributed by atoms with Gasteiger partial charge in [-0.05, 0) is 55.2 Å². The molecule has 0 radical (unpaired) electrons. The maximum atomic E-state index is 5.76. The molecule has 3 nitrogen and oxygen atoms in total. The Hall–Kier alpha value is -1.22. The van der Waals surface area contributed by atoms with Crippen molar-refractivity contribution < 1.29 is 9.47 Å². The van der Waals surface area contributed by atoms with Crippen LogP contribution in [0.3, 0.4) is 0 Å². The molecule has 1 heterocycles. The van der Waals surface area contributed by atoms with E-state index in [1.54, 1.807) is 0 Å².